The summed E-state index contributed by atoms with van der Waals surface area (Å²) in [6, 6.07) is 11.4. The van der Waals surface area contributed by atoms with E-state index in [0.29, 0.717) is 12.1 Å². The van der Waals surface area contributed by atoms with E-state index in [1.54, 1.807) is 0 Å². The summed E-state index contributed by atoms with van der Waals surface area (Å²) in [7, 11) is 0. The molecule has 2 heterocycles. The number of nitrogens with one attached hydrogen (secondary N) is 2. The normalized spacial score (nSPS) is 29.2. The fourth-order valence-electron chi connectivity index (χ4n) is 3.84. The predicted molar refractivity (Wildman–Crippen MR) is 93.1 cm³/mol. The van der Waals surface area contributed by atoms with Crippen molar-refractivity contribution in [2.24, 2.45) is 5.92 Å². The Kier molecular flexibility index (Phi) is 5.68. The van der Waals surface area contributed by atoms with Crippen LogP contribution in [0.15, 0.2) is 30.3 Å². The molecule has 1 aromatic carbocycles. The first-order chi connectivity index (χ1) is 11.2. The van der Waals surface area contributed by atoms with E-state index in [1.807, 2.05) is 0 Å². The third-order valence-electron chi connectivity index (χ3n) is 5.10. The fourth-order valence-corrected chi connectivity index (χ4v) is 3.84. The van der Waals surface area contributed by atoms with E-state index in [1.165, 1.54) is 5.56 Å². The topological polar surface area (TPSA) is 44.4 Å². The van der Waals surface area contributed by atoms with Gasteiger partial charge >= 0.3 is 0 Å². The van der Waals surface area contributed by atoms with Gasteiger partial charge in [0.25, 0.3) is 0 Å². The van der Waals surface area contributed by atoms with E-state index in [0.717, 1.165) is 51.9 Å². The van der Waals surface area contributed by atoms with Crippen molar-refractivity contribution in [3.63, 3.8) is 0 Å². The largest absolute Gasteiger partial charge is 0.353 e. The first-order valence-corrected chi connectivity index (χ1v) is 9.01. The molecule has 0 saturated carbocycles. The number of piperidine rings is 2. The number of rotatable bonds is 4. The van der Waals surface area contributed by atoms with E-state index < -0.39 is 0 Å². The van der Waals surface area contributed by atoms with E-state index in [-0.39, 0.29) is 11.8 Å². The Bertz CT molecular complexity index is 505. The molecule has 23 heavy (non-hydrogen) atoms. The Morgan fingerprint density at radius 1 is 1.30 bits per heavy atom. The van der Waals surface area contributed by atoms with Gasteiger partial charge in [-0.15, -0.1) is 0 Å². The Labute approximate surface area is 139 Å². The summed E-state index contributed by atoms with van der Waals surface area (Å²) in [5.74, 6) is 0.416. The lowest BCUT2D eigenvalue weighted by molar-refractivity contribution is -0.127. The zero-order valence-corrected chi connectivity index (χ0v) is 14.1. The highest BCUT2D eigenvalue weighted by molar-refractivity contribution is 5.79. The number of hydrogen-bond donors (Lipinski definition) is 2. The highest BCUT2D eigenvalue weighted by atomic mass is 16.2. The Morgan fingerprint density at radius 2 is 2.13 bits per heavy atom. The molecule has 3 unspecified atom stereocenters. The molecule has 126 valence electrons. The highest BCUT2D eigenvalue weighted by Gasteiger charge is 2.28. The van der Waals surface area contributed by atoms with Crippen LogP contribution in [-0.4, -0.2) is 42.5 Å². The monoisotopic (exact) mass is 315 g/mol. The summed E-state index contributed by atoms with van der Waals surface area (Å²) in [5.41, 5.74) is 1.33. The van der Waals surface area contributed by atoms with Crippen LogP contribution in [0.3, 0.4) is 0 Å². The molecule has 2 saturated heterocycles. The third-order valence-corrected chi connectivity index (χ3v) is 5.10. The van der Waals surface area contributed by atoms with Gasteiger partial charge in [0.2, 0.25) is 5.91 Å². The van der Waals surface area contributed by atoms with Crippen molar-refractivity contribution >= 4 is 5.91 Å². The molecule has 2 aliphatic rings. The first kappa shape index (κ1) is 16.5. The van der Waals surface area contributed by atoms with Crippen LogP contribution >= 0.6 is 0 Å². The average Bonchev–Trinajstić information content (AvgIpc) is 2.56. The Balaban J connectivity index is 1.50. The number of likely N-dealkylation sites (tertiary alicyclic amines) is 1. The highest BCUT2D eigenvalue weighted by Crippen LogP contribution is 2.20. The number of nitrogens with zero attached hydrogens (tertiary/aromatic N) is 1. The van der Waals surface area contributed by atoms with Crippen LogP contribution in [0.2, 0.25) is 0 Å². The molecule has 0 radical (unpaired) electrons. The standard InChI is InChI=1S/C19H29N3O/c1-15-12-18(9-10-20-15)21-19(23)17-8-5-11-22(14-17)13-16-6-3-2-4-7-16/h2-4,6-7,15,17-18,20H,5,8-14H2,1H3,(H,21,23). The summed E-state index contributed by atoms with van der Waals surface area (Å²) in [4.78, 5) is 15.0. The van der Waals surface area contributed by atoms with Gasteiger partial charge < -0.3 is 10.6 Å². The van der Waals surface area contributed by atoms with Crippen LogP contribution in [-0.2, 0) is 11.3 Å². The van der Waals surface area contributed by atoms with Crippen LogP contribution in [0.5, 0.6) is 0 Å². The quantitative estimate of drug-likeness (QED) is 0.895. The molecular weight excluding hydrogens is 286 g/mol. The van der Waals surface area contributed by atoms with Gasteiger partial charge in [-0.1, -0.05) is 30.3 Å². The number of amides is 1. The Hall–Kier alpha value is -1.39. The van der Waals surface area contributed by atoms with Gasteiger partial charge in [0.1, 0.15) is 0 Å². The van der Waals surface area contributed by atoms with Crippen molar-refractivity contribution in [2.45, 2.75) is 51.2 Å². The molecule has 0 aliphatic carbocycles. The minimum Gasteiger partial charge on any atom is -0.353 e. The van der Waals surface area contributed by atoms with Crippen molar-refractivity contribution in [1.82, 2.24) is 15.5 Å². The number of carbonyl (C=O) groups excluding carboxylic acids is 1. The maximum atomic E-state index is 12.6. The summed E-state index contributed by atoms with van der Waals surface area (Å²) in [6.45, 7) is 6.15. The Morgan fingerprint density at radius 3 is 2.91 bits per heavy atom. The van der Waals surface area contributed by atoms with E-state index in [9.17, 15) is 4.79 Å². The van der Waals surface area contributed by atoms with Crippen LogP contribution in [0, 0.1) is 5.92 Å². The molecule has 0 aromatic heterocycles. The molecule has 0 bridgehead atoms. The molecular formula is C19H29N3O. The molecule has 1 amide bonds. The van der Waals surface area contributed by atoms with Crippen LogP contribution in [0.25, 0.3) is 0 Å². The molecule has 1 aromatic rings. The van der Waals surface area contributed by atoms with Crippen molar-refractivity contribution in [2.75, 3.05) is 19.6 Å². The molecule has 2 fully saturated rings. The predicted octanol–water partition coefficient (Wildman–Crippen LogP) is 2.16. The zero-order valence-electron chi connectivity index (χ0n) is 14.1. The van der Waals surface area contributed by atoms with Gasteiger partial charge in [-0.3, -0.25) is 9.69 Å². The van der Waals surface area contributed by atoms with Crippen molar-refractivity contribution in [3.8, 4) is 0 Å². The SMILES string of the molecule is CC1CC(NC(=O)C2CCCN(Cc3ccccc3)C2)CCN1. The molecule has 4 nitrogen and oxygen atoms in total. The molecule has 2 aliphatic heterocycles. The minimum absolute atomic E-state index is 0.151. The molecule has 3 atom stereocenters. The summed E-state index contributed by atoms with van der Waals surface area (Å²) in [5, 5.41) is 6.74. The van der Waals surface area contributed by atoms with Gasteiger partial charge in [0.05, 0.1) is 5.92 Å². The number of hydrogen-bond acceptors (Lipinski definition) is 3. The molecule has 4 heteroatoms. The summed E-state index contributed by atoms with van der Waals surface area (Å²) in [6.07, 6.45) is 4.24. The maximum Gasteiger partial charge on any atom is 0.224 e. The van der Waals surface area contributed by atoms with E-state index in [2.05, 4.69) is 52.8 Å². The second-order valence-electron chi connectivity index (χ2n) is 7.14. The lowest BCUT2D eigenvalue weighted by atomic mass is 9.94. The van der Waals surface area contributed by atoms with Gasteiger partial charge in [0.15, 0.2) is 0 Å². The fraction of sp³-hybridized carbons (Fsp3) is 0.632. The summed E-state index contributed by atoms with van der Waals surface area (Å²) >= 11 is 0. The number of carbonyl (C=O) groups is 1. The van der Waals surface area contributed by atoms with Crippen molar-refractivity contribution < 1.29 is 4.79 Å². The van der Waals surface area contributed by atoms with Gasteiger partial charge in [-0.05, 0) is 51.3 Å². The van der Waals surface area contributed by atoms with E-state index in [4.69, 9.17) is 0 Å². The van der Waals surface area contributed by atoms with Crippen LogP contribution < -0.4 is 10.6 Å². The van der Waals surface area contributed by atoms with Gasteiger partial charge in [-0.2, -0.15) is 0 Å². The average molecular weight is 315 g/mol. The van der Waals surface area contributed by atoms with Gasteiger partial charge in [-0.25, -0.2) is 0 Å². The zero-order chi connectivity index (χ0) is 16.1. The summed E-state index contributed by atoms with van der Waals surface area (Å²) < 4.78 is 0. The molecule has 3 rings (SSSR count). The first-order valence-electron chi connectivity index (χ1n) is 9.01. The maximum absolute atomic E-state index is 12.6. The van der Waals surface area contributed by atoms with E-state index >= 15 is 0 Å². The third kappa shape index (κ3) is 4.79. The smallest absolute Gasteiger partial charge is 0.224 e. The lowest BCUT2D eigenvalue weighted by Gasteiger charge is -2.34. The second kappa shape index (κ2) is 7.93. The lowest BCUT2D eigenvalue weighted by Crippen LogP contribution is -2.50. The number of benzene rings is 1. The van der Waals surface area contributed by atoms with Crippen LogP contribution in [0.4, 0.5) is 0 Å². The second-order valence-corrected chi connectivity index (χ2v) is 7.14. The van der Waals surface area contributed by atoms with Crippen molar-refractivity contribution in [1.29, 1.82) is 0 Å². The van der Waals surface area contributed by atoms with Crippen LogP contribution in [0.1, 0.15) is 38.2 Å². The van der Waals surface area contributed by atoms with Gasteiger partial charge in [0, 0.05) is 25.2 Å². The van der Waals surface area contributed by atoms with Crippen molar-refractivity contribution in [3.05, 3.63) is 35.9 Å². The molecule has 2 N–H and O–H groups in total. The minimum atomic E-state index is 0.151. The molecule has 0 spiro atoms.